The molecule has 1 saturated heterocycles. The van der Waals surface area contributed by atoms with Crippen LogP contribution in [0.5, 0.6) is 11.5 Å². The van der Waals surface area contributed by atoms with Crippen LogP contribution in [0.3, 0.4) is 0 Å². The van der Waals surface area contributed by atoms with Crippen LogP contribution in [0.25, 0.3) is 0 Å². The number of nitrogens with zero attached hydrogens (tertiary/aromatic N) is 1. The molecule has 0 aliphatic carbocycles. The van der Waals surface area contributed by atoms with Gasteiger partial charge in [0, 0.05) is 47.7 Å². The zero-order valence-electron chi connectivity index (χ0n) is 15.2. The number of hydrogen-bond donors (Lipinski definition) is 2. The van der Waals surface area contributed by atoms with Crippen LogP contribution in [0.1, 0.15) is 23.0 Å². The average molecular weight is 402 g/mol. The summed E-state index contributed by atoms with van der Waals surface area (Å²) in [5.74, 6) is 0.358. The normalized spacial score (nSPS) is 20.1. The van der Waals surface area contributed by atoms with E-state index in [4.69, 9.17) is 26.6 Å². The standard InChI is InChI=1S/C17H16ClNO.C4H4O4/c1-19-9-14-12-4-2-3-5-16(12)20-17-7-6-11(18)8-13(17)15(14)10-19;5-3(6)1-2-4(7)8/h2-8,14-15H,9-10H2,1H3;1-2H,(H,5,6)(H,7,8)/b;2-1-. The van der Waals surface area contributed by atoms with E-state index in [0.29, 0.717) is 24.0 Å². The van der Waals surface area contributed by atoms with Crippen molar-refractivity contribution >= 4 is 23.5 Å². The maximum Gasteiger partial charge on any atom is 0.328 e. The smallest absolute Gasteiger partial charge is 0.328 e. The van der Waals surface area contributed by atoms with Gasteiger partial charge in [0.15, 0.2) is 0 Å². The fraction of sp³-hybridized carbons (Fsp3) is 0.238. The van der Waals surface area contributed by atoms with E-state index in [9.17, 15) is 9.59 Å². The molecule has 2 atom stereocenters. The molecular weight excluding hydrogens is 382 g/mol. The van der Waals surface area contributed by atoms with Gasteiger partial charge in [-0.1, -0.05) is 29.8 Å². The fourth-order valence-electron chi connectivity index (χ4n) is 3.67. The van der Waals surface area contributed by atoms with Crippen LogP contribution in [0.4, 0.5) is 0 Å². The number of likely N-dealkylation sites (N-methyl/N-ethyl adjacent to an activating group) is 1. The third-order valence-electron chi connectivity index (χ3n) is 4.78. The van der Waals surface area contributed by atoms with Crippen LogP contribution in [0.15, 0.2) is 54.6 Å². The van der Waals surface area contributed by atoms with Crippen LogP contribution in [-0.2, 0) is 9.59 Å². The lowest BCUT2D eigenvalue weighted by Gasteiger charge is -2.17. The van der Waals surface area contributed by atoms with Gasteiger partial charge in [-0.3, -0.25) is 0 Å². The number of benzene rings is 2. The Hall–Kier alpha value is -2.83. The van der Waals surface area contributed by atoms with E-state index in [-0.39, 0.29) is 0 Å². The van der Waals surface area contributed by atoms with E-state index < -0.39 is 11.9 Å². The molecule has 0 saturated carbocycles. The van der Waals surface area contributed by atoms with E-state index in [1.165, 1.54) is 11.1 Å². The summed E-state index contributed by atoms with van der Waals surface area (Å²) in [5.41, 5.74) is 2.55. The molecule has 0 spiro atoms. The van der Waals surface area contributed by atoms with Gasteiger partial charge in [0.25, 0.3) is 0 Å². The number of hydrogen-bond acceptors (Lipinski definition) is 4. The van der Waals surface area contributed by atoms with Crippen molar-refractivity contribution in [2.75, 3.05) is 20.1 Å². The molecular formula is C21H20ClNO5. The number of ether oxygens (including phenoxy) is 1. The number of fused-ring (bicyclic) bond motifs is 5. The molecule has 2 aromatic carbocycles. The average Bonchev–Trinajstić information content (AvgIpc) is 2.98. The van der Waals surface area contributed by atoms with Crippen molar-refractivity contribution in [2.45, 2.75) is 11.8 Å². The Morgan fingerprint density at radius 2 is 1.57 bits per heavy atom. The molecule has 4 rings (SSSR count). The second-order valence-electron chi connectivity index (χ2n) is 6.77. The number of likely N-dealkylation sites (tertiary alicyclic amines) is 1. The van der Waals surface area contributed by atoms with Crippen LogP contribution >= 0.6 is 11.6 Å². The predicted molar refractivity (Wildman–Crippen MR) is 105 cm³/mol. The van der Waals surface area contributed by atoms with Crippen molar-refractivity contribution in [2.24, 2.45) is 0 Å². The third-order valence-corrected chi connectivity index (χ3v) is 5.02. The van der Waals surface area contributed by atoms with Gasteiger partial charge in [-0.25, -0.2) is 9.59 Å². The van der Waals surface area contributed by atoms with Gasteiger partial charge in [-0.15, -0.1) is 0 Å². The zero-order chi connectivity index (χ0) is 20.3. The van der Waals surface area contributed by atoms with Crippen LogP contribution in [-0.4, -0.2) is 47.2 Å². The Bertz CT molecular complexity index is 911. The molecule has 2 aliphatic heterocycles. The summed E-state index contributed by atoms with van der Waals surface area (Å²) in [6.45, 7) is 2.12. The van der Waals surface area contributed by atoms with Gasteiger partial charge in [-0.2, -0.15) is 0 Å². The lowest BCUT2D eigenvalue weighted by atomic mass is 9.84. The first-order valence-corrected chi connectivity index (χ1v) is 9.11. The van der Waals surface area contributed by atoms with Gasteiger partial charge in [-0.05, 0) is 36.9 Å². The molecule has 2 aromatic rings. The number of carbonyl (C=O) groups is 2. The third kappa shape index (κ3) is 4.52. The number of para-hydroxylation sites is 1. The van der Waals surface area contributed by atoms with Crippen molar-refractivity contribution in [3.8, 4) is 11.5 Å². The molecule has 0 bridgehead atoms. The highest BCUT2D eigenvalue weighted by Crippen LogP contribution is 2.49. The fourth-order valence-corrected chi connectivity index (χ4v) is 3.85. The molecule has 2 heterocycles. The minimum atomic E-state index is -1.26. The minimum Gasteiger partial charge on any atom is -0.478 e. The summed E-state index contributed by atoms with van der Waals surface area (Å²) in [6, 6.07) is 14.4. The summed E-state index contributed by atoms with van der Waals surface area (Å²) in [6.07, 6.45) is 1.12. The van der Waals surface area contributed by atoms with Crippen molar-refractivity contribution in [3.63, 3.8) is 0 Å². The first-order chi connectivity index (χ1) is 13.3. The lowest BCUT2D eigenvalue weighted by Crippen LogP contribution is -2.14. The number of carboxylic acids is 2. The molecule has 146 valence electrons. The molecule has 28 heavy (non-hydrogen) atoms. The maximum absolute atomic E-state index is 9.55. The quantitative estimate of drug-likeness (QED) is 0.740. The second-order valence-corrected chi connectivity index (χ2v) is 7.20. The SMILES string of the molecule is CN1CC2c3ccccc3Oc3ccc(Cl)cc3C2C1.O=C(O)/C=C\C(=O)O. The van der Waals surface area contributed by atoms with Crippen LogP contribution in [0.2, 0.25) is 5.02 Å². The van der Waals surface area contributed by atoms with E-state index in [1.54, 1.807) is 0 Å². The number of rotatable bonds is 2. The van der Waals surface area contributed by atoms with E-state index in [0.717, 1.165) is 29.6 Å². The van der Waals surface area contributed by atoms with Crippen LogP contribution in [0, 0.1) is 0 Å². The summed E-state index contributed by atoms with van der Waals surface area (Å²) >= 11 is 6.20. The predicted octanol–water partition coefficient (Wildman–Crippen LogP) is 3.97. The minimum absolute atomic E-state index is 0.456. The Morgan fingerprint density at radius 3 is 2.21 bits per heavy atom. The van der Waals surface area contributed by atoms with E-state index >= 15 is 0 Å². The Balaban J connectivity index is 0.000000242. The molecule has 7 heteroatoms. The van der Waals surface area contributed by atoms with Gasteiger partial charge >= 0.3 is 11.9 Å². The molecule has 0 radical (unpaired) electrons. The van der Waals surface area contributed by atoms with Crippen molar-refractivity contribution in [3.05, 3.63) is 70.8 Å². The molecule has 1 fully saturated rings. The number of halogens is 1. The molecule has 6 nitrogen and oxygen atoms in total. The first kappa shape index (κ1) is 19.9. The van der Waals surface area contributed by atoms with Crippen molar-refractivity contribution in [1.82, 2.24) is 4.90 Å². The van der Waals surface area contributed by atoms with Crippen molar-refractivity contribution < 1.29 is 24.5 Å². The highest BCUT2D eigenvalue weighted by Gasteiger charge is 2.38. The largest absolute Gasteiger partial charge is 0.478 e. The van der Waals surface area contributed by atoms with E-state index in [1.807, 2.05) is 18.2 Å². The number of aliphatic carboxylic acids is 2. The zero-order valence-corrected chi connectivity index (χ0v) is 16.0. The highest BCUT2D eigenvalue weighted by molar-refractivity contribution is 6.30. The Labute approximate surface area is 167 Å². The second kappa shape index (κ2) is 8.46. The summed E-state index contributed by atoms with van der Waals surface area (Å²) in [5, 5.41) is 16.4. The summed E-state index contributed by atoms with van der Waals surface area (Å²) in [4.78, 5) is 21.5. The van der Waals surface area contributed by atoms with Gasteiger partial charge in [0.05, 0.1) is 0 Å². The first-order valence-electron chi connectivity index (χ1n) is 8.74. The van der Waals surface area contributed by atoms with Crippen molar-refractivity contribution in [1.29, 1.82) is 0 Å². The molecule has 0 aromatic heterocycles. The molecule has 2 unspecified atom stereocenters. The van der Waals surface area contributed by atoms with Gasteiger partial charge in [0.2, 0.25) is 0 Å². The monoisotopic (exact) mass is 401 g/mol. The summed E-state index contributed by atoms with van der Waals surface area (Å²) < 4.78 is 6.15. The van der Waals surface area contributed by atoms with Gasteiger partial charge in [0.1, 0.15) is 11.5 Å². The Morgan fingerprint density at radius 1 is 1.00 bits per heavy atom. The highest BCUT2D eigenvalue weighted by atomic mass is 35.5. The topological polar surface area (TPSA) is 87.1 Å². The lowest BCUT2D eigenvalue weighted by molar-refractivity contribution is -0.134. The molecule has 0 amide bonds. The van der Waals surface area contributed by atoms with Gasteiger partial charge < -0.3 is 19.8 Å². The maximum atomic E-state index is 9.55. The van der Waals surface area contributed by atoms with E-state index in [2.05, 4.69) is 36.2 Å². The molecule has 2 aliphatic rings. The van der Waals surface area contributed by atoms with Crippen LogP contribution < -0.4 is 4.74 Å². The number of carboxylic acid groups (broad SMARTS) is 2. The molecule has 2 N–H and O–H groups in total. The Kier molecular flexibility index (Phi) is 6.02. The summed E-state index contributed by atoms with van der Waals surface area (Å²) in [7, 11) is 2.18.